The van der Waals surface area contributed by atoms with E-state index >= 15 is 0 Å². The summed E-state index contributed by atoms with van der Waals surface area (Å²) in [6, 6.07) is 5.53. The highest BCUT2D eigenvalue weighted by atomic mass is 16.3. The highest BCUT2D eigenvalue weighted by molar-refractivity contribution is 5.87. The fourth-order valence-electron chi connectivity index (χ4n) is 2.73. The Hall–Kier alpha value is -1.48. The first kappa shape index (κ1) is 9.73. The molecule has 0 bridgehead atoms. The monoisotopic (exact) mass is 216 g/mol. The second kappa shape index (κ2) is 3.01. The van der Waals surface area contributed by atoms with Crippen molar-refractivity contribution in [1.29, 1.82) is 0 Å². The van der Waals surface area contributed by atoms with E-state index in [-0.39, 0.29) is 5.41 Å². The third-order valence-electron chi connectivity index (χ3n) is 3.41. The molecule has 0 unspecified atom stereocenters. The van der Waals surface area contributed by atoms with Crippen LogP contribution in [0.25, 0.3) is 10.9 Å². The molecule has 0 aliphatic carbocycles. The van der Waals surface area contributed by atoms with E-state index in [4.69, 9.17) is 0 Å². The van der Waals surface area contributed by atoms with Crippen molar-refractivity contribution < 1.29 is 5.11 Å². The molecule has 3 N–H and O–H groups in total. The SMILES string of the molecule is CC1(C)CNCc2[nH]c3ccc(O)cc3c21. The first-order valence-electron chi connectivity index (χ1n) is 5.63. The molecule has 1 aromatic heterocycles. The highest BCUT2D eigenvalue weighted by Crippen LogP contribution is 2.36. The van der Waals surface area contributed by atoms with Crippen molar-refractivity contribution in [2.75, 3.05) is 6.54 Å². The lowest BCUT2D eigenvalue weighted by atomic mass is 9.80. The number of aromatic hydroxyl groups is 1. The number of aromatic nitrogens is 1. The summed E-state index contributed by atoms with van der Waals surface area (Å²) in [6.07, 6.45) is 0. The van der Waals surface area contributed by atoms with Crippen LogP contribution in [-0.4, -0.2) is 16.6 Å². The number of fused-ring (bicyclic) bond motifs is 3. The minimum absolute atomic E-state index is 0.111. The van der Waals surface area contributed by atoms with E-state index in [1.54, 1.807) is 6.07 Å². The Labute approximate surface area is 94.5 Å². The van der Waals surface area contributed by atoms with Gasteiger partial charge in [-0.05, 0) is 23.8 Å². The summed E-state index contributed by atoms with van der Waals surface area (Å²) in [7, 11) is 0. The van der Waals surface area contributed by atoms with Crippen LogP contribution in [0.2, 0.25) is 0 Å². The van der Waals surface area contributed by atoms with Crippen LogP contribution < -0.4 is 5.32 Å². The van der Waals surface area contributed by atoms with Crippen molar-refractivity contribution in [3.63, 3.8) is 0 Å². The molecule has 0 spiro atoms. The number of phenolic OH excluding ortho intramolecular Hbond substituents is 1. The van der Waals surface area contributed by atoms with Crippen LogP contribution in [0, 0.1) is 0 Å². The molecule has 2 aromatic rings. The second-order valence-electron chi connectivity index (χ2n) is 5.20. The third-order valence-corrected chi connectivity index (χ3v) is 3.41. The van der Waals surface area contributed by atoms with Gasteiger partial charge >= 0.3 is 0 Å². The minimum atomic E-state index is 0.111. The summed E-state index contributed by atoms with van der Waals surface area (Å²) >= 11 is 0. The van der Waals surface area contributed by atoms with Gasteiger partial charge in [0.2, 0.25) is 0 Å². The van der Waals surface area contributed by atoms with Crippen LogP contribution in [0.1, 0.15) is 25.1 Å². The molecule has 0 atom stereocenters. The van der Waals surface area contributed by atoms with Crippen molar-refractivity contribution in [3.05, 3.63) is 29.5 Å². The van der Waals surface area contributed by atoms with Crippen molar-refractivity contribution >= 4 is 10.9 Å². The zero-order valence-electron chi connectivity index (χ0n) is 9.59. The number of rotatable bonds is 0. The topological polar surface area (TPSA) is 48.0 Å². The second-order valence-corrected chi connectivity index (χ2v) is 5.20. The molecule has 1 aromatic carbocycles. The normalized spacial score (nSPS) is 18.6. The fourth-order valence-corrected chi connectivity index (χ4v) is 2.73. The van der Waals surface area contributed by atoms with E-state index in [0.29, 0.717) is 5.75 Å². The summed E-state index contributed by atoms with van der Waals surface area (Å²) in [5, 5.41) is 14.2. The van der Waals surface area contributed by atoms with Crippen LogP contribution in [0.4, 0.5) is 0 Å². The van der Waals surface area contributed by atoms with Gasteiger partial charge in [-0.15, -0.1) is 0 Å². The van der Waals surface area contributed by atoms with Gasteiger partial charge in [0.1, 0.15) is 5.75 Å². The van der Waals surface area contributed by atoms with Crippen LogP contribution in [0.3, 0.4) is 0 Å². The van der Waals surface area contributed by atoms with Gasteiger partial charge in [-0.25, -0.2) is 0 Å². The maximum atomic E-state index is 9.59. The van der Waals surface area contributed by atoms with Crippen molar-refractivity contribution in [3.8, 4) is 5.75 Å². The Kier molecular flexibility index (Phi) is 1.83. The number of hydrogen-bond donors (Lipinski definition) is 3. The summed E-state index contributed by atoms with van der Waals surface area (Å²) in [5.74, 6) is 0.337. The molecule has 0 saturated carbocycles. The molecule has 84 valence electrons. The van der Waals surface area contributed by atoms with E-state index < -0.39 is 0 Å². The molecule has 3 heteroatoms. The Balaban J connectivity index is 2.37. The van der Waals surface area contributed by atoms with Gasteiger partial charge in [0.15, 0.2) is 0 Å². The predicted molar refractivity (Wildman–Crippen MR) is 64.7 cm³/mol. The Morgan fingerprint density at radius 2 is 2.12 bits per heavy atom. The van der Waals surface area contributed by atoms with Gasteiger partial charge in [0.05, 0.1) is 0 Å². The van der Waals surface area contributed by atoms with Gasteiger partial charge < -0.3 is 15.4 Å². The lowest BCUT2D eigenvalue weighted by Gasteiger charge is -2.31. The average molecular weight is 216 g/mol. The number of benzene rings is 1. The molecular weight excluding hydrogens is 200 g/mol. The molecule has 1 aliphatic rings. The predicted octanol–water partition coefficient (Wildman–Crippen LogP) is 2.25. The zero-order chi connectivity index (χ0) is 11.3. The maximum absolute atomic E-state index is 9.59. The quantitative estimate of drug-likeness (QED) is 0.632. The van der Waals surface area contributed by atoms with Gasteiger partial charge in [0.25, 0.3) is 0 Å². The van der Waals surface area contributed by atoms with Gasteiger partial charge in [-0.3, -0.25) is 0 Å². The first-order chi connectivity index (χ1) is 7.58. The molecule has 0 fully saturated rings. The molecule has 0 radical (unpaired) electrons. The number of H-pyrrole nitrogens is 1. The molecule has 16 heavy (non-hydrogen) atoms. The van der Waals surface area contributed by atoms with Gasteiger partial charge in [0, 0.05) is 35.1 Å². The number of hydrogen-bond acceptors (Lipinski definition) is 2. The van der Waals surface area contributed by atoms with Crippen molar-refractivity contribution in [2.24, 2.45) is 0 Å². The lowest BCUT2D eigenvalue weighted by Crippen LogP contribution is -2.38. The lowest BCUT2D eigenvalue weighted by molar-refractivity contribution is 0.435. The van der Waals surface area contributed by atoms with Gasteiger partial charge in [-0.2, -0.15) is 0 Å². The van der Waals surface area contributed by atoms with Gasteiger partial charge in [-0.1, -0.05) is 13.8 Å². The van der Waals surface area contributed by atoms with E-state index in [2.05, 4.69) is 24.1 Å². The van der Waals surface area contributed by atoms with Crippen LogP contribution >= 0.6 is 0 Å². The average Bonchev–Trinajstić information content (AvgIpc) is 2.56. The third kappa shape index (κ3) is 1.25. The summed E-state index contributed by atoms with van der Waals surface area (Å²) in [4.78, 5) is 3.43. The largest absolute Gasteiger partial charge is 0.508 e. The summed E-state index contributed by atoms with van der Waals surface area (Å²) in [5.41, 5.74) is 3.81. The first-order valence-corrected chi connectivity index (χ1v) is 5.63. The molecule has 2 heterocycles. The maximum Gasteiger partial charge on any atom is 0.116 e. The Bertz CT molecular complexity index is 554. The zero-order valence-corrected chi connectivity index (χ0v) is 9.59. The molecule has 1 aliphatic heterocycles. The molecule has 3 rings (SSSR count). The molecule has 0 saturated heterocycles. The van der Waals surface area contributed by atoms with Crippen LogP contribution in [-0.2, 0) is 12.0 Å². The van der Waals surface area contributed by atoms with E-state index in [9.17, 15) is 5.11 Å². The standard InChI is InChI=1S/C13H16N2O/c1-13(2)7-14-6-11-12(13)9-5-8(16)3-4-10(9)15-11/h3-5,14-16H,6-7H2,1-2H3. The summed E-state index contributed by atoms with van der Waals surface area (Å²) in [6.45, 7) is 6.32. The molecule has 0 amide bonds. The number of phenols is 1. The fraction of sp³-hybridized carbons (Fsp3) is 0.385. The van der Waals surface area contributed by atoms with Crippen LogP contribution in [0.15, 0.2) is 18.2 Å². The molecular formula is C13H16N2O. The van der Waals surface area contributed by atoms with Crippen LogP contribution in [0.5, 0.6) is 5.75 Å². The number of aromatic amines is 1. The Morgan fingerprint density at radius 1 is 1.31 bits per heavy atom. The summed E-state index contributed by atoms with van der Waals surface area (Å²) < 4.78 is 0. The highest BCUT2D eigenvalue weighted by Gasteiger charge is 2.30. The Morgan fingerprint density at radius 3 is 2.94 bits per heavy atom. The van der Waals surface area contributed by atoms with Crippen molar-refractivity contribution in [1.82, 2.24) is 10.3 Å². The number of nitrogens with one attached hydrogen (secondary N) is 2. The minimum Gasteiger partial charge on any atom is -0.508 e. The molecule has 3 nitrogen and oxygen atoms in total. The van der Waals surface area contributed by atoms with E-state index in [0.717, 1.165) is 24.0 Å². The van der Waals surface area contributed by atoms with E-state index in [1.807, 2.05) is 12.1 Å². The van der Waals surface area contributed by atoms with Crippen molar-refractivity contribution in [2.45, 2.75) is 25.8 Å². The van der Waals surface area contributed by atoms with E-state index in [1.165, 1.54) is 11.3 Å². The smallest absolute Gasteiger partial charge is 0.116 e.